The van der Waals surface area contributed by atoms with Gasteiger partial charge in [0.05, 0.1) is 29.9 Å². The minimum Gasteiger partial charge on any atom is -0.394 e. The van der Waals surface area contributed by atoms with Gasteiger partial charge in [-0.2, -0.15) is 5.10 Å². The highest BCUT2D eigenvalue weighted by atomic mass is 35.5. The topological polar surface area (TPSA) is 84.2 Å². The third kappa shape index (κ3) is 3.30. The Balaban J connectivity index is 2.23. The van der Waals surface area contributed by atoms with Gasteiger partial charge in [-0.1, -0.05) is 17.7 Å². The van der Waals surface area contributed by atoms with Crippen molar-refractivity contribution in [3.05, 3.63) is 41.2 Å². The first-order valence-electron chi connectivity index (χ1n) is 5.84. The molecule has 108 valence electrons. The zero-order chi connectivity index (χ0) is 14.8. The number of hydrogen-bond acceptors (Lipinski definition) is 4. The molecule has 1 aromatic carbocycles. The summed E-state index contributed by atoms with van der Waals surface area (Å²) in [5.74, 6) is 0. The lowest BCUT2D eigenvalue weighted by molar-refractivity contribution is 0.269. The standard InChI is InChI=1S/C12H14ClN3O3S/c1-9-2-3-11(6-12(9)13)20(18,19)15-10-7-14-16(8-10)4-5-17/h2-3,6-8,15,17H,4-5H2,1H3. The van der Waals surface area contributed by atoms with Crippen molar-refractivity contribution in [1.82, 2.24) is 9.78 Å². The third-order valence-corrected chi connectivity index (χ3v) is 4.45. The minimum absolute atomic E-state index is 0.0680. The van der Waals surface area contributed by atoms with Crippen LogP contribution in [0.1, 0.15) is 5.56 Å². The number of aliphatic hydroxyl groups is 1. The van der Waals surface area contributed by atoms with Crippen LogP contribution in [0.3, 0.4) is 0 Å². The first-order chi connectivity index (χ1) is 9.42. The largest absolute Gasteiger partial charge is 0.394 e. The van der Waals surface area contributed by atoms with E-state index in [9.17, 15) is 8.42 Å². The van der Waals surface area contributed by atoms with Gasteiger partial charge in [0.15, 0.2) is 0 Å². The molecule has 6 nitrogen and oxygen atoms in total. The van der Waals surface area contributed by atoms with Crippen molar-refractivity contribution >= 4 is 27.3 Å². The van der Waals surface area contributed by atoms with Gasteiger partial charge in [0.2, 0.25) is 0 Å². The highest BCUT2D eigenvalue weighted by Crippen LogP contribution is 2.21. The molecular weight excluding hydrogens is 302 g/mol. The van der Waals surface area contributed by atoms with E-state index in [-0.39, 0.29) is 11.5 Å². The van der Waals surface area contributed by atoms with Gasteiger partial charge in [-0.05, 0) is 24.6 Å². The predicted octanol–water partition coefficient (Wildman–Crippen LogP) is 1.64. The van der Waals surface area contributed by atoms with Crippen LogP contribution in [-0.4, -0.2) is 29.9 Å². The smallest absolute Gasteiger partial charge is 0.262 e. The van der Waals surface area contributed by atoms with E-state index in [0.717, 1.165) is 5.56 Å². The van der Waals surface area contributed by atoms with Crippen molar-refractivity contribution in [1.29, 1.82) is 0 Å². The lowest BCUT2D eigenvalue weighted by Gasteiger charge is -2.07. The van der Waals surface area contributed by atoms with Crippen molar-refractivity contribution in [2.45, 2.75) is 18.4 Å². The summed E-state index contributed by atoms with van der Waals surface area (Å²) in [6.07, 6.45) is 2.88. The van der Waals surface area contributed by atoms with Crippen molar-refractivity contribution in [2.75, 3.05) is 11.3 Å². The van der Waals surface area contributed by atoms with Gasteiger partial charge in [-0.15, -0.1) is 0 Å². The molecule has 0 atom stereocenters. The van der Waals surface area contributed by atoms with E-state index in [1.54, 1.807) is 13.0 Å². The fourth-order valence-electron chi connectivity index (χ4n) is 1.60. The van der Waals surface area contributed by atoms with E-state index in [4.69, 9.17) is 16.7 Å². The quantitative estimate of drug-likeness (QED) is 0.878. The van der Waals surface area contributed by atoms with Gasteiger partial charge in [0.1, 0.15) is 0 Å². The number of nitrogens with one attached hydrogen (secondary N) is 1. The molecule has 0 aliphatic carbocycles. The maximum atomic E-state index is 12.2. The molecular formula is C12H14ClN3O3S. The number of sulfonamides is 1. The predicted molar refractivity (Wildman–Crippen MR) is 76.3 cm³/mol. The van der Waals surface area contributed by atoms with Gasteiger partial charge in [-0.25, -0.2) is 8.42 Å². The van der Waals surface area contributed by atoms with Crippen LogP contribution in [-0.2, 0) is 16.6 Å². The number of aryl methyl sites for hydroxylation is 1. The Morgan fingerprint density at radius 1 is 1.45 bits per heavy atom. The number of nitrogens with zero attached hydrogens (tertiary/aromatic N) is 2. The molecule has 0 spiro atoms. The molecule has 0 amide bonds. The Hall–Kier alpha value is -1.57. The molecule has 8 heteroatoms. The van der Waals surface area contributed by atoms with Crippen molar-refractivity contribution in [2.24, 2.45) is 0 Å². The molecule has 0 saturated carbocycles. The van der Waals surface area contributed by atoms with E-state index in [0.29, 0.717) is 17.3 Å². The molecule has 2 rings (SSSR count). The average Bonchev–Trinajstić information content (AvgIpc) is 2.79. The van der Waals surface area contributed by atoms with Crippen LogP contribution < -0.4 is 4.72 Å². The number of aliphatic hydroxyl groups excluding tert-OH is 1. The highest BCUT2D eigenvalue weighted by Gasteiger charge is 2.16. The number of benzene rings is 1. The highest BCUT2D eigenvalue weighted by molar-refractivity contribution is 7.92. The first-order valence-corrected chi connectivity index (χ1v) is 7.71. The van der Waals surface area contributed by atoms with Gasteiger partial charge in [0, 0.05) is 11.2 Å². The summed E-state index contributed by atoms with van der Waals surface area (Å²) in [4.78, 5) is 0.0861. The molecule has 0 aliphatic heterocycles. The van der Waals surface area contributed by atoms with E-state index >= 15 is 0 Å². The fraction of sp³-hybridized carbons (Fsp3) is 0.250. The van der Waals surface area contributed by atoms with Crippen LogP contribution in [0.2, 0.25) is 5.02 Å². The van der Waals surface area contributed by atoms with E-state index in [2.05, 4.69) is 9.82 Å². The van der Waals surface area contributed by atoms with Gasteiger partial charge in [0.25, 0.3) is 10.0 Å². The van der Waals surface area contributed by atoms with Crippen LogP contribution in [0, 0.1) is 6.92 Å². The Morgan fingerprint density at radius 3 is 2.85 bits per heavy atom. The second-order valence-electron chi connectivity index (χ2n) is 4.23. The molecule has 0 radical (unpaired) electrons. The number of anilines is 1. The molecule has 20 heavy (non-hydrogen) atoms. The van der Waals surface area contributed by atoms with Crippen molar-refractivity contribution in [3.8, 4) is 0 Å². The van der Waals surface area contributed by atoms with Crippen LogP contribution >= 0.6 is 11.6 Å². The summed E-state index contributed by atoms with van der Waals surface area (Å²) in [6.45, 7) is 2.03. The summed E-state index contributed by atoms with van der Waals surface area (Å²) in [5.41, 5.74) is 1.14. The number of aromatic nitrogens is 2. The number of halogens is 1. The second kappa shape index (κ2) is 5.82. The Labute approximate surface area is 122 Å². The molecule has 0 fully saturated rings. The van der Waals surface area contributed by atoms with Crippen LogP contribution in [0.4, 0.5) is 5.69 Å². The van der Waals surface area contributed by atoms with E-state index < -0.39 is 10.0 Å². The number of hydrogen-bond donors (Lipinski definition) is 2. The van der Waals surface area contributed by atoms with Gasteiger partial charge in [-0.3, -0.25) is 9.40 Å². The molecule has 1 heterocycles. The fourth-order valence-corrected chi connectivity index (χ4v) is 2.89. The van der Waals surface area contributed by atoms with Gasteiger partial charge >= 0.3 is 0 Å². The van der Waals surface area contributed by atoms with Gasteiger partial charge < -0.3 is 5.11 Å². The molecule has 1 aromatic heterocycles. The minimum atomic E-state index is -3.70. The molecule has 2 N–H and O–H groups in total. The normalized spacial score (nSPS) is 11.6. The summed E-state index contributed by atoms with van der Waals surface area (Å²) in [6, 6.07) is 4.53. The Kier molecular flexibility index (Phi) is 4.32. The zero-order valence-corrected chi connectivity index (χ0v) is 12.3. The SMILES string of the molecule is Cc1ccc(S(=O)(=O)Nc2cnn(CCO)c2)cc1Cl. The second-order valence-corrected chi connectivity index (χ2v) is 6.32. The lowest BCUT2D eigenvalue weighted by atomic mass is 10.2. The molecule has 0 saturated heterocycles. The average molecular weight is 316 g/mol. The maximum Gasteiger partial charge on any atom is 0.262 e. The van der Waals surface area contributed by atoms with Crippen LogP contribution in [0.15, 0.2) is 35.5 Å². The van der Waals surface area contributed by atoms with Crippen molar-refractivity contribution in [3.63, 3.8) is 0 Å². The van der Waals surface area contributed by atoms with Crippen molar-refractivity contribution < 1.29 is 13.5 Å². The monoisotopic (exact) mass is 315 g/mol. The summed E-state index contributed by atoms with van der Waals surface area (Å²) in [7, 11) is -3.70. The lowest BCUT2D eigenvalue weighted by Crippen LogP contribution is -2.12. The first kappa shape index (κ1) is 14.8. The van der Waals surface area contributed by atoms with Crippen LogP contribution in [0.5, 0.6) is 0 Å². The summed E-state index contributed by atoms with van der Waals surface area (Å²) in [5, 5.41) is 13.1. The molecule has 0 bridgehead atoms. The van der Waals surface area contributed by atoms with Crippen LogP contribution in [0.25, 0.3) is 0 Å². The van der Waals surface area contributed by atoms with E-state index in [1.807, 2.05) is 0 Å². The molecule has 2 aromatic rings. The Bertz CT molecular complexity index is 712. The third-order valence-electron chi connectivity index (χ3n) is 2.67. The Morgan fingerprint density at radius 2 is 2.20 bits per heavy atom. The zero-order valence-electron chi connectivity index (χ0n) is 10.7. The number of rotatable bonds is 5. The van der Waals surface area contributed by atoms with E-state index in [1.165, 1.54) is 29.2 Å². The molecule has 0 unspecified atom stereocenters. The molecule has 0 aliphatic rings. The summed E-state index contributed by atoms with van der Waals surface area (Å²) < 4.78 is 28.2. The maximum absolute atomic E-state index is 12.2. The summed E-state index contributed by atoms with van der Waals surface area (Å²) >= 11 is 5.93.